The molecule has 5 aromatic rings. The fraction of sp³-hybridized carbons (Fsp3) is 0.214. The van der Waals surface area contributed by atoms with Crippen LogP contribution in [0.3, 0.4) is 0 Å². The van der Waals surface area contributed by atoms with E-state index in [9.17, 15) is 9.18 Å². The van der Waals surface area contributed by atoms with E-state index in [1.165, 1.54) is 6.07 Å². The molecule has 36 heavy (non-hydrogen) atoms. The molecule has 7 nitrogen and oxygen atoms in total. The van der Waals surface area contributed by atoms with Gasteiger partial charge in [-0.3, -0.25) is 4.79 Å². The first kappa shape index (κ1) is 22.2. The summed E-state index contributed by atoms with van der Waals surface area (Å²) in [6, 6.07) is 24.2. The van der Waals surface area contributed by atoms with Crippen LogP contribution < -0.4 is 4.90 Å². The van der Waals surface area contributed by atoms with E-state index < -0.39 is 0 Å². The van der Waals surface area contributed by atoms with E-state index >= 15 is 0 Å². The highest BCUT2D eigenvalue weighted by Crippen LogP contribution is 2.30. The standard InChI is InChI=1S/C28H25FN6O/c29-23-13-6-4-11-21(23)26-31-32-27-22-12-5-7-14-24(22)30-28(35(26)27)34-16-8-15-33(17-18-34)25(36)19-20-9-2-1-3-10-20/h1-7,9-14H,8,15-19H2. The van der Waals surface area contributed by atoms with E-state index in [0.29, 0.717) is 55.6 Å². The highest BCUT2D eigenvalue weighted by molar-refractivity contribution is 5.93. The van der Waals surface area contributed by atoms with Gasteiger partial charge in [-0.1, -0.05) is 54.6 Å². The second-order valence-corrected chi connectivity index (χ2v) is 8.98. The minimum Gasteiger partial charge on any atom is -0.341 e. The molecule has 0 unspecified atom stereocenters. The quantitative estimate of drug-likeness (QED) is 0.382. The van der Waals surface area contributed by atoms with Gasteiger partial charge in [0.2, 0.25) is 11.9 Å². The highest BCUT2D eigenvalue weighted by Gasteiger charge is 2.25. The van der Waals surface area contributed by atoms with Crippen molar-refractivity contribution >= 4 is 28.4 Å². The molecular weight excluding hydrogens is 455 g/mol. The van der Waals surface area contributed by atoms with Crippen molar-refractivity contribution in [2.24, 2.45) is 0 Å². The number of amides is 1. The van der Waals surface area contributed by atoms with Crippen LogP contribution in [-0.4, -0.2) is 56.6 Å². The van der Waals surface area contributed by atoms with Crippen molar-refractivity contribution in [3.63, 3.8) is 0 Å². The third-order valence-electron chi connectivity index (χ3n) is 6.67. The zero-order chi connectivity index (χ0) is 24.5. The van der Waals surface area contributed by atoms with Crippen LogP contribution in [0.5, 0.6) is 0 Å². The molecule has 1 amide bonds. The molecule has 0 bridgehead atoms. The molecule has 8 heteroatoms. The van der Waals surface area contributed by atoms with Crippen LogP contribution in [0, 0.1) is 5.82 Å². The molecule has 0 aliphatic carbocycles. The van der Waals surface area contributed by atoms with Crippen molar-refractivity contribution in [3.05, 3.63) is 90.2 Å². The maximum absolute atomic E-state index is 14.8. The second kappa shape index (κ2) is 9.37. The molecule has 0 spiro atoms. The minimum atomic E-state index is -0.362. The average Bonchev–Trinajstić information content (AvgIpc) is 3.19. The van der Waals surface area contributed by atoms with Gasteiger partial charge in [-0.25, -0.2) is 13.8 Å². The lowest BCUT2D eigenvalue weighted by atomic mass is 10.1. The topological polar surface area (TPSA) is 66.6 Å². The molecular formula is C28H25FN6O. The lowest BCUT2D eigenvalue weighted by Crippen LogP contribution is -2.36. The van der Waals surface area contributed by atoms with Gasteiger partial charge in [0.1, 0.15) is 5.82 Å². The first-order valence-electron chi connectivity index (χ1n) is 12.1. The molecule has 1 aliphatic rings. The summed E-state index contributed by atoms with van der Waals surface area (Å²) in [5.41, 5.74) is 2.82. The Morgan fingerprint density at radius 1 is 0.833 bits per heavy atom. The molecule has 3 heterocycles. The Bertz CT molecular complexity index is 1550. The lowest BCUT2D eigenvalue weighted by molar-refractivity contribution is -0.130. The van der Waals surface area contributed by atoms with E-state index in [1.54, 1.807) is 18.2 Å². The van der Waals surface area contributed by atoms with Crippen LogP contribution in [0.4, 0.5) is 10.3 Å². The zero-order valence-electron chi connectivity index (χ0n) is 19.7. The summed E-state index contributed by atoms with van der Waals surface area (Å²) < 4.78 is 16.6. The number of carbonyl (C=O) groups is 1. The molecule has 6 rings (SSSR count). The van der Waals surface area contributed by atoms with E-state index in [1.807, 2.05) is 63.9 Å². The Morgan fingerprint density at radius 3 is 2.47 bits per heavy atom. The number of fused-ring (bicyclic) bond motifs is 3. The van der Waals surface area contributed by atoms with E-state index in [-0.39, 0.29) is 11.7 Å². The smallest absolute Gasteiger partial charge is 0.227 e. The highest BCUT2D eigenvalue weighted by atomic mass is 19.1. The molecule has 1 fully saturated rings. The number of aromatic nitrogens is 4. The van der Waals surface area contributed by atoms with Crippen molar-refractivity contribution in [3.8, 4) is 11.4 Å². The molecule has 0 N–H and O–H groups in total. The van der Waals surface area contributed by atoms with Gasteiger partial charge in [-0.05, 0) is 36.2 Å². The maximum atomic E-state index is 14.8. The molecule has 3 aromatic carbocycles. The van der Waals surface area contributed by atoms with E-state index in [0.717, 1.165) is 22.9 Å². The Morgan fingerprint density at radius 2 is 1.61 bits per heavy atom. The number of carbonyl (C=O) groups excluding carboxylic acids is 1. The van der Waals surface area contributed by atoms with Crippen LogP contribution in [0.1, 0.15) is 12.0 Å². The van der Waals surface area contributed by atoms with Crippen molar-refractivity contribution in [1.82, 2.24) is 24.5 Å². The summed E-state index contributed by atoms with van der Waals surface area (Å²) in [6.07, 6.45) is 1.19. The number of hydrogen-bond donors (Lipinski definition) is 0. The van der Waals surface area contributed by atoms with Crippen molar-refractivity contribution in [2.45, 2.75) is 12.8 Å². The molecule has 2 aromatic heterocycles. The average molecular weight is 481 g/mol. The van der Waals surface area contributed by atoms with Gasteiger partial charge in [-0.2, -0.15) is 0 Å². The van der Waals surface area contributed by atoms with Gasteiger partial charge in [0.15, 0.2) is 11.5 Å². The fourth-order valence-corrected chi connectivity index (χ4v) is 4.84. The normalized spacial score (nSPS) is 14.4. The summed E-state index contributed by atoms with van der Waals surface area (Å²) in [7, 11) is 0. The fourth-order valence-electron chi connectivity index (χ4n) is 4.84. The van der Waals surface area contributed by atoms with Gasteiger partial charge >= 0.3 is 0 Å². The number of rotatable bonds is 4. The van der Waals surface area contributed by atoms with E-state index in [4.69, 9.17) is 4.98 Å². The molecule has 180 valence electrons. The zero-order valence-corrected chi connectivity index (χ0v) is 19.7. The first-order valence-corrected chi connectivity index (χ1v) is 12.1. The first-order chi connectivity index (χ1) is 17.7. The Labute approximate surface area is 207 Å². The Balaban J connectivity index is 1.37. The summed E-state index contributed by atoms with van der Waals surface area (Å²) in [5.74, 6) is 0.831. The largest absolute Gasteiger partial charge is 0.341 e. The number of halogens is 1. The number of nitrogens with zero attached hydrogens (tertiary/aromatic N) is 6. The van der Waals surface area contributed by atoms with Crippen LogP contribution in [-0.2, 0) is 11.2 Å². The molecule has 0 atom stereocenters. The number of anilines is 1. The number of benzene rings is 3. The summed E-state index contributed by atoms with van der Waals surface area (Å²) in [5, 5.41) is 9.69. The number of para-hydroxylation sites is 1. The van der Waals surface area contributed by atoms with Gasteiger partial charge in [0.05, 0.1) is 17.5 Å². The summed E-state index contributed by atoms with van der Waals surface area (Å²) in [6.45, 7) is 2.58. The van der Waals surface area contributed by atoms with Crippen LogP contribution in [0.25, 0.3) is 27.9 Å². The Hall–Kier alpha value is -4.33. The Kier molecular flexibility index (Phi) is 5.77. The molecule has 0 saturated carbocycles. The van der Waals surface area contributed by atoms with E-state index in [2.05, 4.69) is 15.1 Å². The monoisotopic (exact) mass is 480 g/mol. The van der Waals surface area contributed by atoms with Crippen molar-refractivity contribution < 1.29 is 9.18 Å². The summed E-state index contributed by atoms with van der Waals surface area (Å²) >= 11 is 0. The van der Waals surface area contributed by atoms with Crippen LogP contribution in [0.15, 0.2) is 78.9 Å². The molecule has 0 radical (unpaired) electrons. The van der Waals surface area contributed by atoms with Crippen molar-refractivity contribution in [1.29, 1.82) is 0 Å². The minimum absolute atomic E-state index is 0.121. The molecule has 1 saturated heterocycles. The molecule has 1 aliphatic heterocycles. The SMILES string of the molecule is O=C(Cc1ccccc1)N1CCCN(c2nc3ccccc3c3nnc(-c4ccccc4F)n23)CC1. The third kappa shape index (κ3) is 4.04. The lowest BCUT2D eigenvalue weighted by Gasteiger charge is -2.24. The van der Waals surface area contributed by atoms with Gasteiger partial charge in [0, 0.05) is 31.6 Å². The maximum Gasteiger partial charge on any atom is 0.227 e. The van der Waals surface area contributed by atoms with Gasteiger partial charge in [0.25, 0.3) is 0 Å². The predicted molar refractivity (Wildman–Crippen MR) is 137 cm³/mol. The van der Waals surface area contributed by atoms with Crippen LogP contribution in [0.2, 0.25) is 0 Å². The second-order valence-electron chi connectivity index (χ2n) is 8.98. The predicted octanol–water partition coefficient (Wildman–Crippen LogP) is 4.37. The summed E-state index contributed by atoms with van der Waals surface area (Å²) in [4.78, 5) is 22.1. The van der Waals surface area contributed by atoms with Crippen molar-refractivity contribution in [2.75, 3.05) is 31.1 Å². The van der Waals surface area contributed by atoms with Crippen LogP contribution >= 0.6 is 0 Å². The van der Waals surface area contributed by atoms with Gasteiger partial charge in [-0.15, -0.1) is 10.2 Å². The van der Waals surface area contributed by atoms with Gasteiger partial charge < -0.3 is 9.80 Å². The third-order valence-corrected chi connectivity index (χ3v) is 6.67. The number of hydrogen-bond acceptors (Lipinski definition) is 5.